The average molecular weight is 282 g/mol. The zero-order valence-electron chi connectivity index (χ0n) is 12.8. The van der Waals surface area contributed by atoms with Crippen LogP contribution in [0.2, 0.25) is 0 Å². The zero-order valence-corrected chi connectivity index (χ0v) is 12.8. The average Bonchev–Trinajstić information content (AvgIpc) is 2.84. The summed E-state index contributed by atoms with van der Waals surface area (Å²) in [5.74, 6) is 1.44. The Kier molecular flexibility index (Phi) is 5.94. The number of likely N-dealkylation sites (tertiary alicyclic amines) is 1. The van der Waals surface area contributed by atoms with Crippen molar-refractivity contribution in [2.45, 2.75) is 38.8 Å². The van der Waals surface area contributed by atoms with Gasteiger partial charge in [0.25, 0.3) is 0 Å². The molecule has 1 aromatic heterocycles. The fourth-order valence-corrected chi connectivity index (χ4v) is 2.78. The van der Waals surface area contributed by atoms with Gasteiger partial charge in [0.05, 0.1) is 6.54 Å². The lowest BCUT2D eigenvalue weighted by atomic mass is 10.0. The van der Waals surface area contributed by atoms with E-state index in [1.54, 1.807) is 7.11 Å². The molecule has 1 aliphatic rings. The lowest BCUT2D eigenvalue weighted by Gasteiger charge is -2.37. The van der Waals surface area contributed by atoms with Crippen molar-refractivity contribution < 1.29 is 9.26 Å². The molecule has 1 atom stereocenters. The number of rotatable bonds is 7. The first-order valence-corrected chi connectivity index (χ1v) is 7.39. The maximum atomic E-state index is 5.12. The van der Waals surface area contributed by atoms with Crippen molar-refractivity contribution >= 4 is 0 Å². The molecule has 0 bridgehead atoms. The Balaban J connectivity index is 1.78. The van der Waals surface area contributed by atoms with Crippen molar-refractivity contribution in [3.05, 3.63) is 11.7 Å². The van der Waals surface area contributed by atoms with E-state index in [1.165, 1.54) is 12.8 Å². The number of likely N-dealkylation sites (N-methyl/N-ethyl adjacent to an activating group) is 1. The molecule has 6 heteroatoms. The third-order valence-corrected chi connectivity index (χ3v) is 3.90. The monoisotopic (exact) mass is 282 g/mol. The van der Waals surface area contributed by atoms with Crippen LogP contribution in [0, 0.1) is 6.92 Å². The van der Waals surface area contributed by atoms with E-state index in [1.807, 2.05) is 6.92 Å². The molecular weight excluding hydrogens is 256 g/mol. The summed E-state index contributed by atoms with van der Waals surface area (Å²) in [5, 5.41) is 3.98. The first kappa shape index (κ1) is 15.4. The van der Waals surface area contributed by atoms with Crippen molar-refractivity contribution in [1.29, 1.82) is 0 Å². The van der Waals surface area contributed by atoms with Crippen molar-refractivity contribution in [2.75, 3.05) is 40.4 Å². The number of methoxy groups -OCH3 is 1. The van der Waals surface area contributed by atoms with E-state index >= 15 is 0 Å². The minimum atomic E-state index is 0.619. The van der Waals surface area contributed by atoms with Crippen molar-refractivity contribution in [3.63, 3.8) is 0 Å². The van der Waals surface area contributed by atoms with Gasteiger partial charge in [0.1, 0.15) is 0 Å². The molecule has 1 fully saturated rings. The lowest BCUT2D eigenvalue weighted by Crippen LogP contribution is -2.46. The molecule has 2 heterocycles. The SMILES string of the molecule is COCCCN(C)C1CCCN(Cc2noc(C)n2)C1. The number of aromatic nitrogens is 2. The normalized spacial score (nSPS) is 20.7. The number of aryl methyl sites for hydroxylation is 1. The van der Waals surface area contributed by atoms with Crippen LogP contribution in [0.1, 0.15) is 31.0 Å². The quantitative estimate of drug-likeness (QED) is 0.703. The van der Waals surface area contributed by atoms with Crippen LogP contribution in [0.3, 0.4) is 0 Å². The molecule has 1 saturated heterocycles. The molecule has 1 aliphatic heterocycles. The highest BCUT2D eigenvalue weighted by molar-refractivity contribution is 4.87. The highest BCUT2D eigenvalue weighted by atomic mass is 16.5. The summed E-state index contributed by atoms with van der Waals surface area (Å²) in [7, 11) is 3.97. The van der Waals surface area contributed by atoms with Gasteiger partial charge in [-0.15, -0.1) is 0 Å². The standard InChI is InChI=1S/C14H26N4O2/c1-12-15-14(16-20-12)11-18-8-4-6-13(10-18)17(2)7-5-9-19-3/h13H,4-11H2,1-3H3. The Hall–Kier alpha value is -0.980. The second-order valence-corrected chi connectivity index (χ2v) is 5.59. The predicted molar refractivity (Wildman–Crippen MR) is 76.5 cm³/mol. The summed E-state index contributed by atoms with van der Waals surface area (Å²) in [6.07, 6.45) is 3.59. The minimum absolute atomic E-state index is 0.619. The van der Waals surface area contributed by atoms with Gasteiger partial charge >= 0.3 is 0 Å². The summed E-state index contributed by atoms with van der Waals surface area (Å²) < 4.78 is 10.2. The molecule has 1 unspecified atom stereocenters. The molecule has 0 amide bonds. The van der Waals surface area contributed by atoms with Crippen molar-refractivity contribution in [1.82, 2.24) is 19.9 Å². The van der Waals surface area contributed by atoms with E-state index in [2.05, 4.69) is 27.0 Å². The van der Waals surface area contributed by atoms with Crippen LogP contribution in [-0.2, 0) is 11.3 Å². The van der Waals surface area contributed by atoms with Gasteiger partial charge in [-0.2, -0.15) is 4.98 Å². The Morgan fingerprint density at radius 3 is 3.05 bits per heavy atom. The number of piperidine rings is 1. The van der Waals surface area contributed by atoms with Gasteiger partial charge in [0.15, 0.2) is 5.82 Å². The number of ether oxygens (including phenoxy) is 1. The van der Waals surface area contributed by atoms with Crippen LogP contribution in [0.15, 0.2) is 4.52 Å². The molecule has 0 spiro atoms. The van der Waals surface area contributed by atoms with E-state index in [9.17, 15) is 0 Å². The number of nitrogens with zero attached hydrogens (tertiary/aromatic N) is 4. The van der Waals surface area contributed by atoms with Crippen LogP contribution >= 0.6 is 0 Å². The Morgan fingerprint density at radius 1 is 1.50 bits per heavy atom. The second-order valence-electron chi connectivity index (χ2n) is 5.59. The lowest BCUT2D eigenvalue weighted by molar-refractivity contribution is 0.0993. The predicted octanol–water partition coefficient (Wildman–Crippen LogP) is 1.31. The summed E-state index contributed by atoms with van der Waals surface area (Å²) in [6, 6.07) is 0.619. The Morgan fingerprint density at radius 2 is 2.35 bits per heavy atom. The molecule has 2 rings (SSSR count). The summed E-state index contributed by atoms with van der Waals surface area (Å²) >= 11 is 0. The molecule has 114 valence electrons. The molecule has 0 aromatic carbocycles. The Bertz CT molecular complexity index is 396. The smallest absolute Gasteiger partial charge is 0.223 e. The summed E-state index contributed by atoms with van der Waals surface area (Å²) in [6.45, 7) is 6.75. The third-order valence-electron chi connectivity index (χ3n) is 3.90. The van der Waals surface area contributed by atoms with E-state index in [0.29, 0.717) is 11.9 Å². The first-order valence-electron chi connectivity index (χ1n) is 7.39. The van der Waals surface area contributed by atoms with Crippen LogP contribution in [0.25, 0.3) is 0 Å². The molecule has 1 aromatic rings. The fraction of sp³-hybridized carbons (Fsp3) is 0.857. The zero-order chi connectivity index (χ0) is 14.4. The molecule has 20 heavy (non-hydrogen) atoms. The van der Waals surface area contributed by atoms with Gasteiger partial charge in [-0.3, -0.25) is 4.90 Å². The third kappa shape index (κ3) is 4.54. The van der Waals surface area contributed by atoms with Gasteiger partial charge in [0, 0.05) is 39.8 Å². The van der Waals surface area contributed by atoms with Crippen LogP contribution in [0.5, 0.6) is 0 Å². The van der Waals surface area contributed by atoms with E-state index in [4.69, 9.17) is 9.26 Å². The molecule has 0 radical (unpaired) electrons. The van der Waals surface area contributed by atoms with Crippen LogP contribution in [0.4, 0.5) is 0 Å². The van der Waals surface area contributed by atoms with E-state index in [0.717, 1.165) is 45.0 Å². The van der Waals surface area contributed by atoms with Gasteiger partial charge < -0.3 is 14.2 Å². The first-order chi connectivity index (χ1) is 9.69. The molecule has 6 nitrogen and oxygen atoms in total. The number of hydrogen-bond acceptors (Lipinski definition) is 6. The van der Waals surface area contributed by atoms with Gasteiger partial charge in [-0.25, -0.2) is 0 Å². The molecular formula is C14H26N4O2. The highest BCUT2D eigenvalue weighted by Gasteiger charge is 2.23. The van der Waals surface area contributed by atoms with E-state index < -0.39 is 0 Å². The molecule has 0 saturated carbocycles. The van der Waals surface area contributed by atoms with Gasteiger partial charge in [-0.05, 0) is 32.9 Å². The summed E-state index contributed by atoms with van der Waals surface area (Å²) in [5.41, 5.74) is 0. The Labute approximate surface area is 121 Å². The van der Waals surface area contributed by atoms with Gasteiger partial charge in [-0.1, -0.05) is 5.16 Å². The fourth-order valence-electron chi connectivity index (χ4n) is 2.78. The minimum Gasteiger partial charge on any atom is -0.385 e. The highest BCUT2D eigenvalue weighted by Crippen LogP contribution is 2.16. The van der Waals surface area contributed by atoms with Crippen LogP contribution in [-0.4, -0.2) is 66.4 Å². The largest absolute Gasteiger partial charge is 0.385 e. The summed E-state index contributed by atoms with van der Waals surface area (Å²) in [4.78, 5) is 9.16. The topological polar surface area (TPSA) is 54.6 Å². The van der Waals surface area contributed by atoms with Crippen molar-refractivity contribution in [2.24, 2.45) is 0 Å². The molecule has 0 aliphatic carbocycles. The maximum absolute atomic E-state index is 5.12. The second kappa shape index (κ2) is 7.71. The molecule has 0 N–H and O–H groups in total. The maximum Gasteiger partial charge on any atom is 0.223 e. The van der Waals surface area contributed by atoms with Gasteiger partial charge in [0.2, 0.25) is 5.89 Å². The number of hydrogen-bond donors (Lipinski definition) is 0. The van der Waals surface area contributed by atoms with E-state index in [-0.39, 0.29) is 0 Å². The van der Waals surface area contributed by atoms with Crippen LogP contribution < -0.4 is 0 Å². The van der Waals surface area contributed by atoms with Crippen molar-refractivity contribution in [3.8, 4) is 0 Å².